The van der Waals surface area contributed by atoms with Gasteiger partial charge in [0.2, 0.25) is 0 Å². The molecule has 0 aliphatic carbocycles. The minimum atomic E-state index is -1.95. The van der Waals surface area contributed by atoms with Crippen LogP contribution < -0.4 is 4.74 Å². The number of hydrogen-bond donors (Lipinski definition) is 2. The Balaban J connectivity index is 2.64. The van der Waals surface area contributed by atoms with Gasteiger partial charge in [-0.25, -0.2) is 4.21 Å². The Morgan fingerprint density at radius 1 is 1.31 bits per heavy atom. The largest absolute Gasteiger partial charge is 0.491 e. The van der Waals surface area contributed by atoms with Crippen LogP contribution in [0, 0.1) is 0 Å². The van der Waals surface area contributed by atoms with Crippen molar-refractivity contribution in [3.05, 3.63) is 24.3 Å². The first-order valence-corrected chi connectivity index (χ1v) is 4.79. The second kappa shape index (κ2) is 4.96. The first-order chi connectivity index (χ1) is 6.24. The molecule has 72 valence electrons. The molecule has 4 nitrogen and oxygen atoms in total. The van der Waals surface area contributed by atoms with Crippen LogP contribution in [0.1, 0.15) is 0 Å². The molecule has 0 saturated heterocycles. The zero-order valence-electron chi connectivity index (χ0n) is 6.84. The van der Waals surface area contributed by atoms with E-state index in [9.17, 15) is 4.21 Å². The first kappa shape index (κ1) is 10.2. The van der Waals surface area contributed by atoms with Gasteiger partial charge >= 0.3 is 0 Å². The van der Waals surface area contributed by atoms with Gasteiger partial charge in [-0.15, -0.1) is 0 Å². The molecule has 0 bridgehead atoms. The summed E-state index contributed by atoms with van der Waals surface area (Å²) in [5, 5.41) is 8.46. The van der Waals surface area contributed by atoms with Crippen LogP contribution in [0.4, 0.5) is 0 Å². The SMILES string of the molecule is O=S(O)c1ccc(OCCO)cc1. The van der Waals surface area contributed by atoms with E-state index in [0.717, 1.165) is 0 Å². The van der Waals surface area contributed by atoms with Gasteiger partial charge in [0.15, 0.2) is 11.1 Å². The van der Waals surface area contributed by atoms with Crippen LogP contribution in [0.5, 0.6) is 5.75 Å². The van der Waals surface area contributed by atoms with E-state index in [1.54, 1.807) is 12.1 Å². The molecule has 13 heavy (non-hydrogen) atoms. The van der Waals surface area contributed by atoms with Gasteiger partial charge in [-0.1, -0.05) is 0 Å². The van der Waals surface area contributed by atoms with Gasteiger partial charge < -0.3 is 14.4 Å². The summed E-state index contributed by atoms with van der Waals surface area (Å²) in [5.41, 5.74) is 0. The summed E-state index contributed by atoms with van der Waals surface area (Å²) in [6, 6.07) is 6.17. The Labute approximate surface area is 78.4 Å². The Kier molecular flexibility index (Phi) is 3.88. The number of rotatable bonds is 4. The van der Waals surface area contributed by atoms with Crippen molar-refractivity contribution in [2.45, 2.75) is 4.90 Å². The number of aliphatic hydroxyl groups excluding tert-OH is 1. The van der Waals surface area contributed by atoms with Crippen LogP contribution in [0.25, 0.3) is 0 Å². The quantitative estimate of drug-likeness (QED) is 0.703. The van der Waals surface area contributed by atoms with Gasteiger partial charge in [0.25, 0.3) is 0 Å². The fourth-order valence-electron chi connectivity index (χ4n) is 0.816. The minimum absolute atomic E-state index is 0.0479. The zero-order valence-corrected chi connectivity index (χ0v) is 7.66. The van der Waals surface area contributed by atoms with Crippen molar-refractivity contribution in [3.8, 4) is 5.75 Å². The molecular weight excluding hydrogens is 192 g/mol. The van der Waals surface area contributed by atoms with E-state index < -0.39 is 11.1 Å². The van der Waals surface area contributed by atoms with Crippen molar-refractivity contribution in [2.24, 2.45) is 0 Å². The predicted octanol–water partition coefficient (Wildman–Crippen LogP) is 0.638. The normalized spacial score (nSPS) is 12.5. The van der Waals surface area contributed by atoms with E-state index in [2.05, 4.69) is 0 Å². The molecule has 1 aromatic carbocycles. The lowest BCUT2D eigenvalue weighted by Gasteiger charge is -2.03. The summed E-state index contributed by atoms with van der Waals surface area (Å²) in [7, 11) is 0. The fraction of sp³-hybridized carbons (Fsp3) is 0.250. The van der Waals surface area contributed by atoms with E-state index in [-0.39, 0.29) is 13.2 Å². The Bertz CT molecular complexity index is 283. The van der Waals surface area contributed by atoms with Crippen molar-refractivity contribution in [1.29, 1.82) is 0 Å². The third kappa shape index (κ3) is 3.14. The van der Waals surface area contributed by atoms with Crippen LogP contribution in [0.15, 0.2) is 29.2 Å². The molecule has 0 aliphatic rings. The molecule has 1 unspecified atom stereocenters. The fourth-order valence-corrected chi connectivity index (χ4v) is 1.18. The summed E-state index contributed by atoms with van der Waals surface area (Å²) in [6.07, 6.45) is 0. The number of benzene rings is 1. The highest BCUT2D eigenvalue weighted by Crippen LogP contribution is 2.13. The van der Waals surface area contributed by atoms with Crippen LogP contribution in [0.2, 0.25) is 0 Å². The molecule has 0 saturated carbocycles. The Morgan fingerprint density at radius 3 is 2.38 bits per heavy atom. The van der Waals surface area contributed by atoms with Gasteiger partial charge in [-0.05, 0) is 24.3 Å². The summed E-state index contributed by atoms with van der Waals surface area (Å²) in [6.45, 7) is 0.176. The maximum absolute atomic E-state index is 10.6. The molecular formula is C8H10O4S. The third-order valence-corrected chi connectivity index (χ3v) is 2.06. The van der Waals surface area contributed by atoms with Gasteiger partial charge in [-0.2, -0.15) is 0 Å². The topological polar surface area (TPSA) is 66.8 Å². The van der Waals surface area contributed by atoms with E-state index in [1.165, 1.54) is 12.1 Å². The molecule has 0 aromatic heterocycles. The number of ether oxygens (including phenoxy) is 1. The maximum Gasteiger partial charge on any atom is 0.186 e. The molecule has 1 aromatic rings. The van der Waals surface area contributed by atoms with Crippen LogP contribution in [-0.4, -0.2) is 27.1 Å². The number of hydrogen-bond acceptors (Lipinski definition) is 3. The van der Waals surface area contributed by atoms with E-state index in [0.29, 0.717) is 10.6 Å². The summed E-state index contributed by atoms with van der Waals surface area (Å²) in [4.78, 5) is 0.330. The van der Waals surface area contributed by atoms with Crippen LogP contribution >= 0.6 is 0 Å². The van der Waals surface area contributed by atoms with Crippen molar-refractivity contribution < 1.29 is 18.6 Å². The van der Waals surface area contributed by atoms with Gasteiger partial charge in [-0.3, -0.25) is 0 Å². The molecule has 0 aliphatic heterocycles. The lowest BCUT2D eigenvalue weighted by atomic mass is 10.3. The lowest BCUT2D eigenvalue weighted by Crippen LogP contribution is -2.01. The van der Waals surface area contributed by atoms with Gasteiger partial charge in [0, 0.05) is 0 Å². The van der Waals surface area contributed by atoms with Crippen LogP contribution in [0.3, 0.4) is 0 Å². The summed E-state index contributed by atoms with van der Waals surface area (Å²) < 4.78 is 24.3. The molecule has 0 spiro atoms. The highest BCUT2D eigenvalue weighted by atomic mass is 32.2. The number of aliphatic hydroxyl groups is 1. The highest BCUT2D eigenvalue weighted by molar-refractivity contribution is 7.79. The Morgan fingerprint density at radius 2 is 1.92 bits per heavy atom. The van der Waals surface area contributed by atoms with Gasteiger partial charge in [0.05, 0.1) is 11.5 Å². The van der Waals surface area contributed by atoms with E-state index >= 15 is 0 Å². The summed E-state index contributed by atoms with van der Waals surface area (Å²) >= 11 is -1.95. The minimum Gasteiger partial charge on any atom is -0.491 e. The molecule has 1 atom stereocenters. The maximum atomic E-state index is 10.6. The second-order valence-electron chi connectivity index (χ2n) is 2.29. The molecule has 0 fully saturated rings. The first-order valence-electron chi connectivity index (χ1n) is 3.68. The van der Waals surface area contributed by atoms with Crippen LogP contribution in [-0.2, 0) is 11.1 Å². The molecule has 0 radical (unpaired) electrons. The van der Waals surface area contributed by atoms with Crippen molar-refractivity contribution in [1.82, 2.24) is 0 Å². The van der Waals surface area contributed by atoms with E-state index in [4.69, 9.17) is 14.4 Å². The molecule has 0 amide bonds. The van der Waals surface area contributed by atoms with Gasteiger partial charge in [0.1, 0.15) is 12.4 Å². The monoisotopic (exact) mass is 202 g/mol. The smallest absolute Gasteiger partial charge is 0.186 e. The van der Waals surface area contributed by atoms with Crippen molar-refractivity contribution in [2.75, 3.05) is 13.2 Å². The average molecular weight is 202 g/mol. The predicted molar refractivity (Wildman–Crippen MR) is 48.1 cm³/mol. The second-order valence-corrected chi connectivity index (χ2v) is 3.26. The molecule has 5 heteroatoms. The van der Waals surface area contributed by atoms with E-state index in [1.807, 2.05) is 0 Å². The molecule has 0 heterocycles. The molecule has 1 rings (SSSR count). The molecule has 2 N–H and O–H groups in total. The summed E-state index contributed by atoms with van der Waals surface area (Å²) in [5.74, 6) is 0.572. The lowest BCUT2D eigenvalue weighted by molar-refractivity contribution is 0.201. The third-order valence-electron chi connectivity index (χ3n) is 1.39. The highest BCUT2D eigenvalue weighted by Gasteiger charge is 1.99. The van der Waals surface area contributed by atoms with Crippen molar-refractivity contribution in [3.63, 3.8) is 0 Å². The van der Waals surface area contributed by atoms with Crippen molar-refractivity contribution >= 4 is 11.1 Å². The standard InChI is InChI=1S/C8H10O4S/c9-5-6-12-7-1-3-8(4-2-7)13(10)11/h1-4,9H,5-6H2,(H,10,11). The Hall–Kier alpha value is -0.910. The zero-order chi connectivity index (χ0) is 9.68. The average Bonchev–Trinajstić information content (AvgIpc) is 2.15.